The van der Waals surface area contributed by atoms with Crippen LogP contribution in [0.15, 0.2) is 0 Å². The zero-order valence-electron chi connectivity index (χ0n) is 54.5. The summed E-state index contributed by atoms with van der Waals surface area (Å²) in [5.41, 5.74) is 16.1. The number of rotatable bonds is 35. The first-order valence-corrected chi connectivity index (χ1v) is 32.7. The topological polar surface area (TPSA) is 521 Å². The number of nitrogens with one attached hydrogen (secondary N) is 10. The van der Waals surface area contributed by atoms with E-state index >= 15 is 0 Å². The number of nitrogens with two attached hydrogens (primary N) is 3. The monoisotopic (exact) mass is 1310 g/mol. The lowest BCUT2D eigenvalue weighted by Crippen LogP contribution is -2.63. The number of unbranched alkanes of at least 4 members (excludes halogenated alkanes) is 15. The summed E-state index contributed by atoms with van der Waals surface area (Å²) in [6, 6.07) is -14.4. The molecule has 21 N–H and O–H groups in total. The highest BCUT2D eigenvalue weighted by Gasteiger charge is 2.38. The van der Waals surface area contributed by atoms with Crippen LogP contribution in [0.1, 0.15) is 214 Å². The van der Waals surface area contributed by atoms with Crippen molar-refractivity contribution >= 4 is 76.8 Å². The molecule has 0 aromatic heterocycles. The maximum atomic E-state index is 14.1. The van der Waals surface area contributed by atoms with Crippen molar-refractivity contribution in [2.24, 2.45) is 17.2 Å². The van der Waals surface area contributed by atoms with Crippen LogP contribution in [0.2, 0.25) is 0 Å². The minimum absolute atomic E-state index is 0.0168. The third-order valence-electron chi connectivity index (χ3n) is 15.6. The van der Waals surface area contributed by atoms with Gasteiger partial charge in [-0.15, -0.1) is 0 Å². The van der Waals surface area contributed by atoms with Crippen LogP contribution in [0.5, 0.6) is 0 Å². The number of carbonyl (C=O) groups is 13. The largest absolute Gasteiger partial charge is 0.393 e. The molecule has 0 spiro atoms. The Morgan fingerprint density at radius 2 is 0.815 bits per heavy atom. The van der Waals surface area contributed by atoms with E-state index in [4.69, 9.17) is 17.2 Å². The van der Waals surface area contributed by atoms with Crippen LogP contribution in [0.4, 0.5) is 0 Å². The SMILES string of the molecule is CCCCCCCCCCCC(O)CCC1NC(=O)[C@H]([C@@H](C)O)NC(=O)[C@H]([C@@H](C)O)NC(=O)[C@H](CC(O)C(N)=O)NC(=O)[C@H](C)NC(=O)[C@H](CC(N)=O)NC(=O)[C@H](CC(N)=O)NC(=O)C(CCCCCCCC(O)CCCCCC)NC(=O)CCNC(=O)CNC1=O. The highest BCUT2D eigenvalue weighted by Crippen LogP contribution is 2.17. The van der Waals surface area contributed by atoms with Crippen LogP contribution >= 0.6 is 0 Å². The molecule has 0 aromatic rings. The van der Waals surface area contributed by atoms with Crippen LogP contribution in [-0.4, -0.2) is 194 Å². The summed E-state index contributed by atoms with van der Waals surface area (Å²) in [7, 11) is 0. The fraction of sp³-hybridized carbons (Fsp3) is 0.787. The molecule has 0 saturated carbocycles. The van der Waals surface area contributed by atoms with Gasteiger partial charge in [0.15, 0.2) is 0 Å². The van der Waals surface area contributed by atoms with Gasteiger partial charge in [0.05, 0.1) is 43.8 Å². The van der Waals surface area contributed by atoms with E-state index in [0.717, 1.165) is 97.8 Å². The Kier molecular flexibility index (Phi) is 42.3. The van der Waals surface area contributed by atoms with Gasteiger partial charge in [0.25, 0.3) is 0 Å². The van der Waals surface area contributed by atoms with E-state index in [1.807, 2.05) is 0 Å². The minimum atomic E-state index is -2.15. The molecule has 1 rings (SSSR count). The Hall–Kier alpha value is -7.09. The molecule has 0 aliphatic carbocycles. The Bertz CT molecular complexity index is 2350. The van der Waals surface area contributed by atoms with Gasteiger partial charge in [0.1, 0.15) is 54.4 Å². The lowest BCUT2D eigenvalue weighted by atomic mass is 10.0. The van der Waals surface area contributed by atoms with Crippen molar-refractivity contribution in [2.75, 3.05) is 13.1 Å². The maximum absolute atomic E-state index is 14.1. The average Bonchev–Trinajstić information content (AvgIpc) is 0.939. The standard InChI is InChI=1S/C61H109N13O18/c1-6-8-10-12-13-14-15-17-22-26-40(78)28-29-42-55(86)66-35-50(83)65-31-30-49(82)68-41(27-23-19-16-18-21-25-39(77)24-20-11-9-7-2)56(87)71-45(34-48(63)81)58(89)72-44(33-47(62)80)57(88)67-36(3)54(85)70-43(32-46(79)53(64)84)59(90)73-52(38(5)76)61(92)74-51(37(4)75)60(91)69-42/h36-46,51-52,75-79H,6-35H2,1-5H3,(H2,62,80)(H2,63,81)(H2,64,84)(H,65,83)(H,66,86)(H,67,88)(H,68,82)(H,69,91)(H,70,85)(H,71,87)(H,72,89)(H,73,90)(H,74,92)/t36-,37+,38+,39?,40?,41?,42?,43-,44-,45-,46?,51-,52-/m0/s1. The number of primary amides is 3. The van der Waals surface area contributed by atoms with E-state index in [1.54, 1.807) is 0 Å². The molecule has 31 heteroatoms. The van der Waals surface area contributed by atoms with Gasteiger partial charge in [-0.05, 0) is 59.3 Å². The number of amides is 13. The van der Waals surface area contributed by atoms with Gasteiger partial charge in [-0.3, -0.25) is 62.3 Å². The minimum Gasteiger partial charge on any atom is -0.393 e. The predicted molar refractivity (Wildman–Crippen MR) is 337 cm³/mol. The summed E-state index contributed by atoms with van der Waals surface area (Å²) in [6.07, 6.45) is 7.57. The van der Waals surface area contributed by atoms with Crippen molar-refractivity contribution in [2.45, 2.75) is 293 Å². The van der Waals surface area contributed by atoms with Gasteiger partial charge in [-0.2, -0.15) is 0 Å². The number of hydrogen-bond donors (Lipinski definition) is 18. The quantitative estimate of drug-likeness (QED) is 0.0289. The molecule has 1 aliphatic heterocycles. The zero-order valence-corrected chi connectivity index (χ0v) is 54.5. The van der Waals surface area contributed by atoms with Crippen molar-refractivity contribution in [1.82, 2.24) is 53.2 Å². The summed E-state index contributed by atoms with van der Waals surface area (Å²) in [5.74, 6) is -14.9. The highest BCUT2D eigenvalue weighted by atomic mass is 16.3. The van der Waals surface area contributed by atoms with E-state index in [1.165, 1.54) is 12.8 Å². The molecule has 31 nitrogen and oxygen atoms in total. The molecule has 0 aromatic carbocycles. The number of aliphatic hydroxyl groups is 5. The van der Waals surface area contributed by atoms with Crippen molar-refractivity contribution in [3.8, 4) is 0 Å². The number of carbonyl (C=O) groups excluding carboxylic acids is 13. The lowest BCUT2D eigenvalue weighted by Gasteiger charge is -2.29. The molecule has 1 saturated heterocycles. The van der Waals surface area contributed by atoms with Crippen molar-refractivity contribution in [3.05, 3.63) is 0 Å². The molecule has 0 radical (unpaired) electrons. The van der Waals surface area contributed by atoms with E-state index < -0.39 is 188 Å². The summed E-state index contributed by atoms with van der Waals surface area (Å²) in [4.78, 5) is 175. The Morgan fingerprint density at radius 1 is 0.424 bits per heavy atom. The predicted octanol–water partition coefficient (Wildman–Crippen LogP) is -2.61. The third kappa shape index (κ3) is 36.2. The summed E-state index contributed by atoms with van der Waals surface area (Å²) in [6.45, 7) is 6.36. The fourth-order valence-electron chi connectivity index (χ4n) is 10.1. The molecule has 1 fully saturated rings. The average molecular weight is 1310 g/mol. The molecule has 13 amide bonds. The maximum Gasteiger partial charge on any atom is 0.246 e. The van der Waals surface area contributed by atoms with Gasteiger partial charge >= 0.3 is 0 Å². The Balaban J connectivity index is 3.76. The number of hydrogen-bond acceptors (Lipinski definition) is 18. The normalized spacial score (nSPS) is 23.5. The molecule has 5 unspecified atom stereocenters. The summed E-state index contributed by atoms with van der Waals surface area (Å²) >= 11 is 0. The van der Waals surface area contributed by atoms with E-state index in [-0.39, 0.29) is 25.8 Å². The first kappa shape index (κ1) is 82.9. The fourth-order valence-corrected chi connectivity index (χ4v) is 10.1. The van der Waals surface area contributed by atoms with Crippen LogP contribution in [0, 0.1) is 0 Å². The molecule has 92 heavy (non-hydrogen) atoms. The smallest absolute Gasteiger partial charge is 0.246 e. The Labute approximate surface area is 539 Å². The molecular weight excluding hydrogens is 1200 g/mol. The second-order valence-electron chi connectivity index (χ2n) is 24.1. The molecule has 0 bridgehead atoms. The van der Waals surface area contributed by atoms with E-state index in [2.05, 4.69) is 67.0 Å². The van der Waals surface area contributed by atoms with Gasteiger partial charge < -0.3 is 95.9 Å². The summed E-state index contributed by atoms with van der Waals surface area (Å²) in [5, 5.41) is 76.6. The molecule has 526 valence electrons. The van der Waals surface area contributed by atoms with Crippen LogP contribution in [0.25, 0.3) is 0 Å². The molecule has 1 aliphatic rings. The van der Waals surface area contributed by atoms with E-state index in [0.29, 0.717) is 44.9 Å². The van der Waals surface area contributed by atoms with Crippen LogP contribution in [0.3, 0.4) is 0 Å². The van der Waals surface area contributed by atoms with Crippen molar-refractivity contribution in [3.63, 3.8) is 0 Å². The van der Waals surface area contributed by atoms with Crippen LogP contribution in [-0.2, 0) is 62.3 Å². The highest BCUT2D eigenvalue weighted by molar-refractivity contribution is 6.00. The van der Waals surface area contributed by atoms with Gasteiger partial charge in [-0.25, -0.2) is 0 Å². The van der Waals surface area contributed by atoms with Crippen LogP contribution < -0.4 is 70.4 Å². The third-order valence-corrected chi connectivity index (χ3v) is 15.6. The van der Waals surface area contributed by atoms with E-state index in [9.17, 15) is 87.9 Å². The van der Waals surface area contributed by atoms with Crippen molar-refractivity contribution in [1.29, 1.82) is 0 Å². The molecular formula is C61H109N13O18. The first-order chi connectivity index (χ1) is 43.5. The lowest BCUT2D eigenvalue weighted by molar-refractivity contribution is -0.139. The number of aliphatic hydroxyl groups excluding tert-OH is 5. The van der Waals surface area contributed by atoms with Crippen molar-refractivity contribution < 1.29 is 87.9 Å². The van der Waals surface area contributed by atoms with Gasteiger partial charge in [0.2, 0.25) is 76.8 Å². The van der Waals surface area contributed by atoms with Gasteiger partial charge in [-0.1, -0.05) is 129 Å². The summed E-state index contributed by atoms with van der Waals surface area (Å²) < 4.78 is 0. The second-order valence-corrected chi connectivity index (χ2v) is 24.1. The Morgan fingerprint density at radius 3 is 1.30 bits per heavy atom. The zero-order chi connectivity index (χ0) is 69.3. The first-order valence-electron chi connectivity index (χ1n) is 32.7. The molecule has 1 heterocycles. The van der Waals surface area contributed by atoms with Gasteiger partial charge in [0, 0.05) is 19.4 Å². The second kappa shape index (κ2) is 46.9. The molecule has 13 atom stereocenters.